The lowest BCUT2D eigenvalue weighted by Gasteiger charge is -2.08. The molecule has 22 heavy (non-hydrogen) atoms. The van der Waals surface area contributed by atoms with E-state index < -0.39 is 0 Å². The Hall–Kier alpha value is -2.26. The molecule has 2 aromatic rings. The van der Waals surface area contributed by atoms with Gasteiger partial charge in [0.25, 0.3) is 0 Å². The summed E-state index contributed by atoms with van der Waals surface area (Å²) in [6.45, 7) is 2.70. The van der Waals surface area contributed by atoms with Crippen molar-refractivity contribution < 1.29 is 9.53 Å². The number of amides is 1. The normalized spacial score (nSPS) is 10.6. The van der Waals surface area contributed by atoms with Crippen LogP contribution in [-0.2, 0) is 4.79 Å². The van der Waals surface area contributed by atoms with Gasteiger partial charge in [-0.05, 0) is 30.7 Å². The summed E-state index contributed by atoms with van der Waals surface area (Å²) in [5.74, 6) is 0.532. The molecule has 0 bridgehead atoms. The molecule has 2 aromatic carbocycles. The van der Waals surface area contributed by atoms with Crippen LogP contribution in [-0.4, -0.2) is 12.5 Å². The minimum Gasteiger partial charge on any atom is -0.493 e. The van der Waals surface area contributed by atoms with Gasteiger partial charge in [-0.3, -0.25) is 4.79 Å². The lowest BCUT2D eigenvalue weighted by Crippen LogP contribution is -2.08. The first-order valence-corrected chi connectivity index (χ1v) is 7.54. The zero-order valence-electron chi connectivity index (χ0n) is 12.4. The van der Waals surface area contributed by atoms with Crippen LogP contribution in [0.5, 0.6) is 5.75 Å². The Labute approximate surface area is 135 Å². The van der Waals surface area contributed by atoms with E-state index in [1.54, 1.807) is 18.2 Å². The van der Waals surface area contributed by atoms with Crippen LogP contribution in [0.4, 0.5) is 5.69 Å². The molecule has 1 N–H and O–H groups in total. The van der Waals surface area contributed by atoms with Crippen molar-refractivity contribution in [2.45, 2.75) is 13.3 Å². The van der Waals surface area contributed by atoms with Crippen molar-refractivity contribution in [3.63, 3.8) is 0 Å². The van der Waals surface area contributed by atoms with E-state index in [0.29, 0.717) is 17.3 Å². The van der Waals surface area contributed by atoms with Gasteiger partial charge in [0.15, 0.2) is 0 Å². The summed E-state index contributed by atoms with van der Waals surface area (Å²) in [6, 6.07) is 14.7. The Morgan fingerprint density at radius 2 is 1.91 bits per heavy atom. The van der Waals surface area contributed by atoms with Crippen molar-refractivity contribution in [1.82, 2.24) is 0 Å². The number of anilines is 1. The largest absolute Gasteiger partial charge is 0.493 e. The molecule has 0 aliphatic heterocycles. The van der Waals surface area contributed by atoms with Crippen LogP contribution in [0.2, 0.25) is 5.02 Å². The first-order valence-electron chi connectivity index (χ1n) is 7.16. The molecule has 0 aromatic heterocycles. The highest BCUT2D eigenvalue weighted by Gasteiger charge is 2.03. The molecule has 0 saturated heterocycles. The third-order valence-electron chi connectivity index (χ3n) is 2.93. The van der Waals surface area contributed by atoms with E-state index in [-0.39, 0.29) is 5.91 Å². The monoisotopic (exact) mass is 315 g/mol. The number of para-hydroxylation sites is 2. The molecule has 4 heteroatoms. The zero-order valence-corrected chi connectivity index (χ0v) is 13.1. The van der Waals surface area contributed by atoms with Crippen molar-refractivity contribution in [1.29, 1.82) is 0 Å². The standard InChI is InChI=1S/C18H18ClNO2/c1-2-13-22-17-10-6-3-7-14(17)11-12-18(21)20-16-9-5-4-8-15(16)19/h3-12H,2,13H2,1H3,(H,20,21)/b12-11+. The van der Waals surface area contributed by atoms with E-state index in [1.165, 1.54) is 6.08 Å². The van der Waals surface area contributed by atoms with Crippen LogP contribution in [0.15, 0.2) is 54.6 Å². The van der Waals surface area contributed by atoms with Gasteiger partial charge in [0.1, 0.15) is 5.75 Å². The summed E-state index contributed by atoms with van der Waals surface area (Å²) in [5.41, 5.74) is 1.46. The first-order chi connectivity index (χ1) is 10.7. The van der Waals surface area contributed by atoms with E-state index in [4.69, 9.17) is 16.3 Å². The Morgan fingerprint density at radius 1 is 1.18 bits per heavy atom. The molecule has 0 heterocycles. The molecule has 0 spiro atoms. The molecular weight excluding hydrogens is 298 g/mol. The molecule has 0 aliphatic carbocycles. The Bertz CT molecular complexity index is 668. The number of benzene rings is 2. The molecule has 0 unspecified atom stereocenters. The number of carbonyl (C=O) groups excluding carboxylic acids is 1. The van der Waals surface area contributed by atoms with Crippen LogP contribution in [0, 0.1) is 0 Å². The summed E-state index contributed by atoms with van der Waals surface area (Å²) in [7, 11) is 0. The van der Waals surface area contributed by atoms with E-state index in [2.05, 4.69) is 12.2 Å². The second kappa shape index (κ2) is 8.25. The van der Waals surface area contributed by atoms with Crippen LogP contribution in [0.25, 0.3) is 6.08 Å². The van der Waals surface area contributed by atoms with Gasteiger partial charge in [-0.15, -0.1) is 0 Å². The Balaban J connectivity index is 2.05. The third kappa shape index (κ3) is 4.64. The highest BCUT2D eigenvalue weighted by molar-refractivity contribution is 6.33. The molecule has 114 valence electrons. The number of carbonyl (C=O) groups is 1. The lowest BCUT2D eigenvalue weighted by atomic mass is 10.2. The molecule has 0 aliphatic rings. The summed E-state index contributed by atoms with van der Waals surface area (Å²) >= 11 is 6.01. The Morgan fingerprint density at radius 3 is 2.68 bits per heavy atom. The predicted octanol–water partition coefficient (Wildman–Crippen LogP) is 4.78. The number of hydrogen-bond donors (Lipinski definition) is 1. The number of ether oxygens (including phenoxy) is 1. The highest BCUT2D eigenvalue weighted by Crippen LogP contribution is 2.21. The smallest absolute Gasteiger partial charge is 0.248 e. The summed E-state index contributed by atoms with van der Waals surface area (Å²) in [4.78, 5) is 12.0. The second-order valence-electron chi connectivity index (χ2n) is 4.69. The molecule has 0 fully saturated rings. The van der Waals surface area contributed by atoms with E-state index >= 15 is 0 Å². The van der Waals surface area contributed by atoms with Gasteiger partial charge < -0.3 is 10.1 Å². The fraction of sp³-hybridized carbons (Fsp3) is 0.167. The molecule has 2 rings (SSSR count). The fourth-order valence-electron chi connectivity index (χ4n) is 1.86. The van der Waals surface area contributed by atoms with Gasteiger partial charge in [-0.2, -0.15) is 0 Å². The predicted molar refractivity (Wildman–Crippen MR) is 91.3 cm³/mol. The van der Waals surface area contributed by atoms with Gasteiger partial charge >= 0.3 is 0 Å². The van der Waals surface area contributed by atoms with E-state index in [9.17, 15) is 4.79 Å². The molecule has 1 amide bonds. The number of halogens is 1. The zero-order chi connectivity index (χ0) is 15.8. The maximum Gasteiger partial charge on any atom is 0.248 e. The average molecular weight is 316 g/mol. The summed E-state index contributed by atoms with van der Waals surface area (Å²) < 4.78 is 5.65. The van der Waals surface area contributed by atoms with Crippen molar-refractivity contribution >= 4 is 29.3 Å². The van der Waals surface area contributed by atoms with Crippen molar-refractivity contribution in [3.8, 4) is 5.75 Å². The average Bonchev–Trinajstić information content (AvgIpc) is 2.54. The number of nitrogens with one attached hydrogen (secondary N) is 1. The quantitative estimate of drug-likeness (QED) is 0.779. The van der Waals surface area contributed by atoms with Gasteiger partial charge in [0.2, 0.25) is 5.91 Å². The minimum atomic E-state index is -0.238. The number of rotatable bonds is 6. The Kier molecular flexibility index (Phi) is 6.04. The van der Waals surface area contributed by atoms with Gasteiger partial charge in [-0.1, -0.05) is 48.9 Å². The van der Waals surface area contributed by atoms with Gasteiger partial charge in [-0.25, -0.2) is 0 Å². The number of hydrogen-bond acceptors (Lipinski definition) is 2. The van der Waals surface area contributed by atoms with Crippen LogP contribution in [0.1, 0.15) is 18.9 Å². The van der Waals surface area contributed by atoms with Gasteiger partial charge in [0.05, 0.1) is 17.3 Å². The maximum atomic E-state index is 12.0. The summed E-state index contributed by atoms with van der Waals surface area (Å²) in [5, 5.41) is 3.25. The first kappa shape index (κ1) is 16.1. The molecular formula is C18H18ClNO2. The van der Waals surface area contributed by atoms with E-state index in [0.717, 1.165) is 17.7 Å². The second-order valence-corrected chi connectivity index (χ2v) is 5.10. The van der Waals surface area contributed by atoms with Crippen LogP contribution < -0.4 is 10.1 Å². The SMILES string of the molecule is CCCOc1ccccc1/C=C/C(=O)Nc1ccccc1Cl. The van der Waals surface area contributed by atoms with E-state index in [1.807, 2.05) is 36.4 Å². The van der Waals surface area contributed by atoms with Crippen LogP contribution in [0.3, 0.4) is 0 Å². The summed E-state index contributed by atoms with van der Waals surface area (Å²) in [6.07, 6.45) is 4.14. The maximum absolute atomic E-state index is 12.0. The minimum absolute atomic E-state index is 0.238. The molecule has 0 saturated carbocycles. The van der Waals surface area contributed by atoms with Gasteiger partial charge in [0, 0.05) is 11.6 Å². The lowest BCUT2D eigenvalue weighted by molar-refractivity contribution is -0.111. The third-order valence-corrected chi connectivity index (χ3v) is 3.26. The van der Waals surface area contributed by atoms with Crippen molar-refractivity contribution in [3.05, 3.63) is 65.2 Å². The van der Waals surface area contributed by atoms with Crippen molar-refractivity contribution in [2.75, 3.05) is 11.9 Å². The molecule has 3 nitrogen and oxygen atoms in total. The highest BCUT2D eigenvalue weighted by atomic mass is 35.5. The molecule has 0 atom stereocenters. The molecule has 0 radical (unpaired) electrons. The fourth-order valence-corrected chi connectivity index (χ4v) is 2.05. The van der Waals surface area contributed by atoms with Crippen LogP contribution >= 0.6 is 11.6 Å². The van der Waals surface area contributed by atoms with Crippen molar-refractivity contribution in [2.24, 2.45) is 0 Å². The topological polar surface area (TPSA) is 38.3 Å².